The second kappa shape index (κ2) is 4.97. The van der Waals surface area contributed by atoms with Gasteiger partial charge < -0.3 is 9.84 Å². The molecule has 0 aliphatic carbocycles. The first-order chi connectivity index (χ1) is 8.22. The van der Waals surface area contributed by atoms with E-state index in [9.17, 15) is 4.79 Å². The average molecular weight is 230 g/mol. The van der Waals surface area contributed by atoms with Crippen LogP contribution in [0.4, 0.5) is 0 Å². The van der Waals surface area contributed by atoms with Gasteiger partial charge in [-0.2, -0.15) is 0 Å². The number of ether oxygens (including phenoxy) is 1. The molecule has 17 heavy (non-hydrogen) atoms. The number of fused-ring (bicyclic) bond motifs is 1. The first kappa shape index (κ1) is 11.6. The van der Waals surface area contributed by atoms with Crippen LogP contribution in [0.5, 0.6) is 0 Å². The molecule has 0 spiro atoms. The monoisotopic (exact) mass is 230 g/mol. The Morgan fingerprint density at radius 2 is 1.94 bits per heavy atom. The highest BCUT2D eigenvalue weighted by Gasteiger charge is 2.13. The Balaban J connectivity index is 2.38. The van der Waals surface area contributed by atoms with Gasteiger partial charge in [-0.05, 0) is 23.8 Å². The van der Waals surface area contributed by atoms with Crippen LogP contribution in [-0.2, 0) is 4.74 Å². The van der Waals surface area contributed by atoms with E-state index < -0.39 is 12.1 Å². The van der Waals surface area contributed by atoms with Crippen molar-refractivity contribution in [2.75, 3.05) is 6.61 Å². The van der Waals surface area contributed by atoms with E-state index in [2.05, 4.69) is 0 Å². The highest BCUT2D eigenvalue weighted by atomic mass is 16.5. The minimum atomic E-state index is -0.485. The molecular weight excluding hydrogens is 216 g/mol. The molecule has 1 atom stereocenters. The minimum Gasteiger partial charge on any atom is -0.457 e. The van der Waals surface area contributed by atoms with Gasteiger partial charge in [-0.3, -0.25) is 0 Å². The van der Waals surface area contributed by atoms with E-state index in [1.54, 1.807) is 13.0 Å². The summed E-state index contributed by atoms with van der Waals surface area (Å²) in [6.07, 6.45) is -0.485. The molecule has 0 aromatic heterocycles. The molecule has 2 rings (SSSR count). The summed E-state index contributed by atoms with van der Waals surface area (Å²) in [5, 5.41) is 10.7. The van der Waals surface area contributed by atoms with Gasteiger partial charge in [-0.15, -0.1) is 0 Å². The Bertz CT molecular complexity index is 528. The lowest BCUT2D eigenvalue weighted by atomic mass is 10.0. The Morgan fingerprint density at radius 3 is 2.71 bits per heavy atom. The number of aliphatic hydroxyl groups excluding tert-OH is 1. The minimum absolute atomic E-state index is 0.170. The number of hydrogen-bond acceptors (Lipinski definition) is 3. The quantitative estimate of drug-likeness (QED) is 0.823. The van der Waals surface area contributed by atoms with Crippen molar-refractivity contribution in [3.63, 3.8) is 0 Å². The molecule has 2 aromatic rings. The molecule has 3 heteroatoms. The molecule has 2 aromatic carbocycles. The highest BCUT2D eigenvalue weighted by Crippen LogP contribution is 2.19. The summed E-state index contributed by atoms with van der Waals surface area (Å²) >= 11 is 0. The molecule has 1 unspecified atom stereocenters. The maximum Gasteiger partial charge on any atom is 0.339 e. The molecule has 0 aliphatic heterocycles. The zero-order chi connectivity index (χ0) is 12.3. The molecule has 0 saturated carbocycles. The Hall–Kier alpha value is -1.87. The van der Waals surface area contributed by atoms with Gasteiger partial charge in [0.1, 0.15) is 6.10 Å². The van der Waals surface area contributed by atoms with Crippen LogP contribution >= 0.6 is 0 Å². The number of carbonyl (C=O) groups excluding carboxylic acids is 1. The SMILES string of the molecule is CC(CO)OC(=O)c1cccc2ccccc12. The van der Waals surface area contributed by atoms with Crippen molar-refractivity contribution < 1.29 is 14.6 Å². The Kier molecular flexibility index (Phi) is 3.40. The van der Waals surface area contributed by atoms with Gasteiger partial charge in [0.25, 0.3) is 0 Å². The number of rotatable bonds is 3. The lowest BCUT2D eigenvalue weighted by Crippen LogP contribution is -2.18. The van der Waals surface area contributed by atoms with Gasteiger partial charge in [-0.1, -0.05) is 36.4 Å². The third-order valence-electron chi connectivity index (χ3n) is 2.57. The maximum absolute atomic E-state index is 11.9. The van der Waals surface area contributed by atoms with Gasteiger partial charge in [0.05, 0.1) is 12.2 Å². The normalized spacial score (nSPS) is 12.4. The van der Waals surface area contributed by atoms with Crippen molar-refractivity contribution in [2.45, 2.75) is 13.0 Å². The summed E-state index contributed by atoms with van der Waals surface area (Å²) < 4.78 is 5.10. The van der Waals surface area contributed by atoms with Gasteiger partial charge in [0.2, 0.25) is 0 Å². The van der Waals surface area contributed by atoms with E-state index in [1.807, 2.05) is 36.4 Å². The summed E-state index contributed by atoms with van der Waals surface area (Å²) in [5.74, 6) is -0.400. The number of esters is 1. The first-order valence-corrected chi connectivity index (χ1v) is 5.52. The summed E-state index contributed by atoms with van der Waals surface area (Å²) in [6, 6.07) is 13.1. The number of hydrogen-bond donors (Lipinski definition) is 1. The molecule has 0 saturated heterocycles. The predicted octanol–water partition coefficient (Wildman–Crippen LogP) is 2.38. The summed E-state index contributed by atoms with van der Waals surface area (Å²) in [4.78, 5) is 11.9. The lowest BCUT2D eigenvalue weighted by Gasteiger charge is -2.11. The number of carbonyl (C=O) groups is 1. The van der Waals surface area contributed by atoms with E-state index >= 15 is 0 Å². The molecular formula is C14H14O3. The summed E-state index contributed by atoms with van der Waals surface area (Å²) in [6.45, 7) is 1.49. The second-order valence-corrected chi connectivity index (χ2v) is 3.93. The van der Waals surface area contributed by atoms with Crippen molar-refractivity contribution in [3.05, 3.63) is 48.0 Å². The predicted molar refractivity (Wildman–Crippen MR) is 65.9 cm³/mol. The van der Waals surface area contributed by atoms with E-state index in [0.29, 0.717) is 5.56 Å². The summed E-state index contributed by atoms with van der Waals surface area (Å²) in [5.41, 5.74) is 0.531. The number of benzene rings is 2. The largest absolute Gasteiger partial charge is 0.457 e. The molecule has 0 fully saturated rings. The van der Waals surface area contributed by atoms with Crippen molar-refractivity contribution in [1.82, 2.24) is 0 Å². The van der Waals surface area contributed by atoms with Crippen LogP contribution in [0, 0.1) is 0 Å². The molecule has 0 amide bonds. The third-order valence-corrected chi connectivity index (χ3v) is 2.57. The van der Waals surface area contributed by atoms with Gasteiger partial charge in [-0.25, -0.2) is 4.79 Å². The summed E-state index contributed by atoms with van der Waals surface area (Å²) in [7, 11) is 0. The zero-order valence-electron chi connectivity index (χ0n) is 9.59. The van der Waals surface area contributed by atoms with E-state index in [-0.39, 0.29) is 6.61 Å². The zero-order valence-corrected chi connectivity index (χ0v) is 9.59. The average Bonchev–Trinajstić information content (AvgIpc) is 2.37. The molecule has 3 nitrogen and oxygen atoms in total. The van der Waals surface area contributed by atoms with Crippen molar-refractivity contribution in [2.24, 2.45) is 0 Å². The fraction of sp³-hybridized carbons (Fsp3) is 0.214. The van der Waals surface area contributed by atoms with Gasteiger partial charge in [0, 0.05) is 0 Å². The molecule has 1 N–H and O–H groups in total. The van der Waals surface area contributed by atoms with Crippen molar-refractivity contribution >= 4 is 16.7 Å². The fourth-order valence-electron chi connectivity index (χ4n) is 1.69. The maximum atomic E-state index is 11.9. The first-order valence-electron chi connectivity index (χ1n) is 5.52. The third kappa shape index (κ3) is 2.45. The standard InChI is InChI=1S/C14H14O3/c1-10(9-15)17-14(16)13-8-4-6-11-5-2-3-7-12(11)13/h2-8,10,15H,9H2,1H3. The van der Waals surface area contributed by atoms with Crippen LogP contribution in [0.15, 0.2) is 42.5 Å². The Labute approximate surface area is 99.6 Å². The second-order valence-electron chi connectivity index (χ2n) is 3.93. The molecule has 0 heterocycles. The van der Waals surface area contributed by atoms with Crippen LogP contribution in [0.1, 0.15) is 17.3 Å². The molecule has 0 radical (unpaired) electrons. The molecule has 0 aliphatic rings. The number of aliphatic hydroxyl groups is 1. The molecule has 0 bridgehead atoms. The smallest absolute Gasteiger partial charge is 0.339 e. The van der Waals surface area contributed by atoms with Gasteiger partial charge in [0.15, 0.2) is 0 Å². The van der Waals surface area contributed by atoms with E-state index in [4.69, 9.17) is 9.84 Å². The van der Waals surface area contributed by atoms with Crippen LogP contribution in [0.25, 0.3) is 10.8 Å². The van der Waals surface area contributed by atoms with Crippen molar-refractivity contribution in [3.8, 4) is 0 Å². The molecule has 88 valence electrons. The Morgan fingerprint density at radius 1 is 1.24 bits per heavy atom. The van der Waals surface area contributed by atoms with Crippen LogP contribution in [-0.4, -0.2) is 23.8 Å². The fourth-order valence-corrected chi connectivity index (χ4v) is 1.69. The van der Waals surface area contributed by atoms with Crippen LogP contribution in [0.2, 0.25) is 0 Å². The lowest BCUT2D eigenvalue weighted by molar-refractivity contribution is 0.0199. The van der Waals surface area contributed by atoms with Crippen molar-refractivity contribution in [1.29, 1.82) is 0 Å². The topological polar surface area (TPSA) is 46.5 Å². The van der Waals surface area contributed by atoms with Crippen LogP contribution in [0.3, 0.4) is 0 Å². The van der Waals surface area contributed by atoms with E-state index in [0.717, 1.165) is 10.8 Å². The van der Waals surface area contributed by atoms with E-state index in [1.165, 1.54) is 0 Å². The van der Waals surface area contributed by atoms with Crippen LogP contribution < -0.4 is 0 Å². The highest BCUT2D eigenvalue weighted by molar-refractivity contribution is 6.04. The van der Waals surface area contributed by atoms with Gasteiger partial charge >= 0.3 is 5.97 Å².